The summed E-state index contributed by atoms with van der Waals surface area (Å²) in [7, 11) is 0. The second kappa shape index (κ2) is 6.28. The second-order valence-corrected chi connectivity index (χ2v) is 4.84. The molecular weight excluding hydrogens is 332 g/mol. The van der Waals surface area contributed by atoms with Crippen LogP contribution in [-0.4, -0.2) is 26.7 Å². The van der Waals surface area contributed by atoms with Crippen molar-refractivity contribution in [3.05, 3.63) is 79.8 Å². The first kappa shape index (κ1) is 15.9. The van der Waals surface area contributed by atoms with Gasteiger partial charge in [0.2, 0.25) is 5.90 Å². The van der Waals surface area contributed by atoms with Crippen molar-refractivity contribution in [1.82, 2.24) is 4.98 Å². The van der Waals surface area contributed by atoms with Crippen LogP contribution in [0.5, 0.6) is 0 Å². The molecule has 0 spiro atoms. The maximum absolute atomic E-state index is 11.9. The molecule has 0 saturated heterocycles. The van der Waals surface area contributed by atoms with Gasteiger partial charge in [0.25, 0.3) is 11.4 Å². The van der Waals surface area contributed by atoms with Gasteiger partial charge < -0.3 is 4.74 Å². The number of aromatic nitrogens is 1. The summed E-state index contributed by atoms with van der Waals surface area (Å²) in [5, 5.41) is 21.9. The van der Waals surface area contributed by atoms with Crippen molar-refractivity contribution < 1.29 is 19.4 Å². The number of nitro groups is 2. The lowest BCUT2D eigenvalue weighted by molar-refractivity contribution is -0.394. The van der Waals surface area contributed by atoms with Gasteiger partial charge in [0.15, 0.2) is 5.70 Å². The Bertz CT molecular complexity index is 919. The molecule has 1 aliphatic heterocycles. The molecule has 0 fully saturated rings. The molecule has 3 rings (SSSR count). The van der Waals surface area contributed by atoms with Crippen molar-refractivity contribution in [2.24, 2.45) is 4.99 Å². The van der Waals surface area contributed by atoms with E-state index in [0.717, 1.165) is 18.2 Å². The molecule has 25 heavy (non-hydrogen) atoms. The van der Waals surface area contributed by atoms with E-state index in [1.54, 1.807) is 18.2 Å². The highest BCUT2D eigenvalue weighted by Gasteiger charge is 2.27. The highest BCUT2D eigenvalue weighted by Crippen LogP contribution is 2.26. The summed E-state index contributed by atoms with van der Waals surface area (Å²) in [5.41, 5.74) is -0.666. The molecule has 1 aliphatic rings. The maximum atomic E-state index is 11.9. The zero-order chi connectivity index (χ0) is 18.0. The van der Waals surface area contributed by atoms with E-state index in [1.165, 1.54) is 12.3 Å². The number of esters is 1. The number of cyclic esters (lactones) is 1. The van der Waals surface area contributed by atoms with Crippen LogP contribution in [0.15, 0.2) is 53.3 Å². The number of nitro benzene ring substituents is 2. The van der Waals surface area contributed by atoms with E-state index in [0.29, 0.717) is 5.69 Å². The molecule has 0 bridgehead atoms. The highest BCUT2D eigenvalue weighted by molar-refractivity contribution is 6.13. The third-order valence-electron chi connectivity index (χ3n) is 3.16. The third kappa shape index (κ3) is 3.37. The Morgan fingerprint density at radius 1 is 1.04 bits per heavy atom. The van der Waals surface area contributed by atoms with E-state index in [9.17, 15) is 25.0 Å². The van der Waals surface area contributed by atoms with Crippen molar-refractivity contribution in [3.8, 4) is 0 Å². The summed E-state index contributed by atoms with van der Waals surface area (Å²) in [6.07, 6.45) is 2.91. The largest absolute Gasteiger partial charge is 0.402 e. The Hall–Kier alpha value is -3.95. The fourth-order valence-electron chi connectivity index (χ4n) is 2.06. The van der Waals surface area contributed by atoms with Crippen molar-refractivity contribution in [1.29, 1.82) is 0 Å². The predicted octanol–water partition coefficient (Wildman–Crippen LogP) is 2.24. The van der Waals surface area contributed by atoms with Crippen molar-refractivity contribution in [3.63, 3.8) is 0 Å². The van der Waals surface area contributed by atoms with Crippen molar-refractivity contribution in [2.75, 3.05) is 0 Å². The minimum Gasteiger partial charge on any atom is -0.402 e. The summed E-state index contributed by atoms with van der Waals surface area (Å²) in [4.78, 5) is 40.2. The van der Waals surface area contributed by atoms with E-state index in [2.05, 4.69) is 9.98 Å². The van der Waals surface area contributed by atoms with Crippen LogP contribution in [0.25, 0.3) is 6.08 Å². The summed E-state index contributed by atoms with van der Waals surface area (Å²) >= 11 is 0. The van der Waals surface area contributed by atoms with Gasteiger partial charge in [0.05, 0.1) is 27.2 Å². The van der Waals surface area contributed by atoms with Gasteiger partial charge in [-0.15, -0.1) is 0 Å². The Morgan fingerprint density at radius 3 is 2.28 bits per heavy atom. The Balaban J connectivity index is 2.03. The van der Waals surface area contributed by atoms with Crippen LogP contribution in [0.2, 0.25) is 0 Å². The molecule has 0 aliphatic carbocycles. The van der Waals surface area contributed by atoms with Gasteiger partial charge in [-0.3, -0.25) is 25.2 Å². The van der Waals surface area contributed by atoms with Gasteiger partial charge in [-0.1, -0.05) is 6.07 Å². The minimum absolute atomic E-state index is 0.0429. The van der Waals surface area contributed by atoms with Gasteiger partial charge in [-0.05, 0) is 18.2 Å². The van der Waals surface area contributed by atoms with Crippen LogP contribution in [0.4, 0.5) is 11.4 Å². The van der Waals surface area contributed by atoms with Crippen LogP contribution in [0.1, 0.15) is 11.3 Å². The quantitative estimate of drug-likeness (QED) is 0.360. The lowest BCUT2D eigenvalue weighted by Crippen LogP contribution is -2.06. The lowest BCUT2D eigenvalue weighted by atomic mass is 10.1. The second-order valence-electron chi connectivity index (χ2n) is 4.84. The van der Waals surface area contributed by atoms with Gasteiger partial charge in [0.1, 0.15) is 0 Å². The molecule has 0 N–H and O–H groups in total. The SMILES string of the molecule is O=C1OC(c2cc([N+](=O)[O-])cc([N+](=O)[O-])c2)=N/C1=C/c1ccccn1. The Labute approximate surface area is 139 Å². The zero-order valence-electron chi connectivity index (χ0n) is 12.4. The number of benzene rings is 1. The molecular formula is C15H8N4O6. The molecule has 0 atom stereocenters. The smallest absolute Gasteiger partial charge is 0.363 e. The van der Waals surface area contributed by atoms with Gasteiger partial charge >= 0.3 is 5.97 Å². The van der Waals surface area contributed by atoms with E-state index in [1.807, 2.05) is 0 Å². The first-order valence-electron chi connectivity index (χ1n) is 6.82. The van der Waals surface area contributed by atoms with E-state index >= 15 is 0 Å². The number of aliphatic imine (C=N–C) groups is 1. The molecule has 0 radical (unpaired) electrons. The summed E-state index contributed by atoms with van der Waals surface area (Å²) in [6.45, 7) is 0. The number of non-ortho nitro benzene ring substituents is 2. The van der Waals surface area contributed by atoms with Gasteiger partial charge in [-0.25, -0.2) is 9.79 Å². The number of hydrogen-bond donors (Lipinski definition) is 0. The lowest BCUT2D eigenvalue weighted by Gasteiger charge is -2.00. The first-order valence-corrected chi connectivity index (χ1v) is 6.82. The molecule has 0 amide bonds. The maximum Gasteiger partial charge on any atom is 0.363 e. The molecule has 10 nitrogen and oxygen atoms in total. The van der Waals surface area contributed by atoms with E-state index in [-0.39, 0.29) is 17.2 Å². The molecule has 1 aromatic heterocycles. The summed E-state index contributed by atoms with van der Waals surface area (Å²) < 4.78 is 4.97. The van der Waals surface area contributed by atoms with E-state index in [4.69, 9.17) is 4.74 Å². The van der Waals surface area contributed by atoms with Crippen LogP contribution in [0, 0.1) is 20.2 Å². The molecule has 1 aromatic carbocycles. The number of hydrogen-bond acceptors (Lipinski definition) is 8. The molecule has 2 heterocycles. The Morgan fingerprint density at radius 2 is 1.72 bits per heavy atom. The van der Waals surface area contributed by atoms with Gasteiger partial charge in [0, 0.05) is 18.3 Å². The predicted molar refractivity (Wildman–Crippen MR) is 84.6 cm³/mol. The van der Waals surface area contributed by atoms with Crippen LogP contribution >= 0.6 is 0 Å². The van der Waals surface area contributed by atoms with Crippen molar-refractivity contribution in [2.45, 2.75) is 0 Å². The fourth-order valence-corrected chi connectivity index (χ4v) is 2.06. The number of pyridine rings is 1. The normalized spacial score (nSPS) is 15.0. The van der Waals surface area contributed by atoms with E-state index < -0.39 is 27.2 Å². The number of carbonyl (C=O) groups excluding carboxylic acids is 1. The number of nitrogens with zero attached hydrogens (tertiary/aromatic N) is 4. The molecule has 0 unspecified atom stereocenters. The molecule has 124 valence electrons. The van der Waals surface area contributed by atoms with Crippen LogP contribution in [-0.2, 0) is 9.53 Å². The Kier molecular flexibility index (Phi) is 4.00. The van der Waals surface area contributed by atoms with Crippen LogP contribution < -0.4 is 0 Å². The van der Waals surface area contributed by atoms with Crippen molar-refractivity contribution >= 4 is 29.3 Å². The van der Waals surface area contributed by atoms with Crippen LogP contribution in [0.3, 0.4) is 0 Å². The number of ether oxygens (including phenoxy) is 1. The topological polar surface area (TPSA) is 138 Å². The average molecular weight is 340 g/mol. The minimum atomic E-state index is -0.783. The number of rotatable bonds is 4. The fraction of sp³-hybridized carbons (Fsp3) is 0. The third-order valence-corrected chi connectivity index (χ3v) is 3.16. The monoisotopic (exact) mass is 340 g/mol. The summed E-state index contributed by atoms with van der Waals surface area (Å²) in [6, 6.07) is 7.96. The zero-order valence-corrected chi connectivity index (χ0v) is 12.4. The summed E-state index contributed by atoms with van der Waals surface area (Å²) in [5.74, 6) is -1.03. The molecule has 2 aromatic rings. The first-order chi connectivity index (χ1) is 11.9. The van der Waals surface area contributed by atoms with Gasteiger partial charge in [-0.2, -0.15) is 0 Å². The molecule has 10 heteroatoms. The standard InChI is InChI=1S/C15H8N4O6/c20-15-13(7-10-3-1-2-4-16-10)17-14(25-15)9-5-11(18(21)22)8-12(6-9)19(23)24/h1-8H/b13-7+. The number of carbonyl (C=O) groups is 1. The highest BCUT2D eigenvalue weighted by atomic mass is 16.6. The average Bonchev–Trinajstić information content (AvgIpc) is 2.96. The molecule has 0 saturated carbocycles.